The Morgan fingerprint density at radius 3 is 2.83 bits per heavy atom. The molecule has 2 aliphatic heterocycles. The third kappa shape index (κ3) is 2.93. The van der Waals surface area contributed by atoms with Crippen LogP contribution in [-0.4, -0.2) is 42.6 Å². The third-order valence-corrected chi connectivity index (χ3v) is 5.70. The van der Waals surface area contributed by atoms with Crippen molar-refractivity contribution >= 4 is 5.69 Å². The number of hydrogen-bond acceptors (Lipinski definition) is 3. The van der Waals surface area contributed by atoms with E-state index in [1.807, 2.05) is 12.4 Å². The van der Waals surface area contributed by atoms with Crippen molar-refractivity contribution in [1.29, 1.82) is 0 Å². The number of likely N-dealkylation sites (tertiary alicyclic amines) is 1. The zero-order chi connectivity index (χ0) is 16.5. The molecule has 3 heteroatoms. The highest BCUT2D eigenvalue weighted by Crippen LogP contribution is 2.44. The summed E-state index contributed by atoms with van der Waals surface area (Å²) in [7, 11) is 2.28. The van der Waals surface area contributed by atoms with Crippen molar-refractivity contribution in [3.63, 3.8) is 0 Å². The fraction of sp³-hybridized carbons (Fsp3) is 0.476. The fourth-order valence-electron chi connectivity index (χ4n) is 4.50. The normalized spacial score (nSPS) is 23.7. The van der Waals surface area contributed by atoms with E-state index in [0.29, 0.717) is 12.0 Å². The van der Waals surface area contributed by atoms with Crippen LogP contribution in [-0.2, 0) is 6.42 Å². The lowest BCUT2D eigenvalue weighted by Crippen LogP contribution is -2.37. The number of rotatable bonds is 3. The van der Waals surface area contributed by atoms with Crippen LogP contribution in [0.25, 0.3) is 0 Å². The first-order valence-corrected chi connectivity index (χ1v) is 9.17. The van der Waals surface area contributed by atoms with Crippen LogP contribution in [0.2, 0.25) is 0 Å². The number of aryl methyl sites for hydroxylation is 1. The van der Waals surface area contributed by atoms with E-state index in [4.69, 9.17) is 0 Å². The van der Waals surface area contributed by atoms with Gasteiger partial charge in [0.15, 0.2) is 0 Å². The molecule has 0 bridgehead atoms. The van der Waals surface area contributed by atoms with Crippen LogP contribution < -0.4 is 4.90 Å². The molecule has 2 unspecified atom stereocenters. The van der Waals surface area contributed by atoms with Crippen molar-refractivity contribution in [3.05, 3.63) is 59.4 Å². The fourth-order valence-corrected chi connectivity index (χ4v) is 4.50. The lowest BCUT2D eigenvalue weighted by atomic mass is 9.92. The molecule has 2 aromatic rings. The Labute approximate surface area is 145 Å². The van der Waals surface area contributed by atoms with Gasteiger partial charge in [-0.05, 0) is 69.1 Å². The van der Waals surface area contributed by atoms with E-state index in [0.717, 1.165) is 13.0 Å². The second-order valence-corrected chi connectivity index (χ2v) is 7.44. The third-order valence-electron chi connectivity index (χ3n) is 5.70. The predicted octanol–water partition coefficient (Wildman–Crippen LogP) is 3.63. The minimum absolute atomic E-state index is 0.657. The first-order valence-electron chi connectivity index (χ1n) is 9.17. The molecule has 0 radical (unpaired) electrons. The molecule has 1 aromatic heterocycles. The van der Waals surface area contributed by atoms with E-state index in [1.54, 1.807) is 5.56 Å². The van der Waals surface area contributed by atoms with Gasteiger partial charge in [-0.15, -0.1) is 0 Å². The molecule has 1 aromatic carbocycles. The number of likely N-dealkylation sites (N-methyl/N-ethyl adjacent to an activating group) is 1. The molecule has 0 aliphatic carbocycles. The van der Waals surface area contributed by atoms with Gasteiger partial charge in [-0.1, -0.05) is 17.7 Å². The Morgan fingerprint density at radius 1 is 1.17 bits per heavy atom. The Morgan fingerprint density at radius 2 is 2.00 bits per heavy atom. The molecule has 2 atom stereocenters. The summed E-state index contributed by atoms with van der Waals surface area (Å²) in [5, 5.41) is 0. The van der Waals surface area contributed by atoms with Gasteiger partial charge in [0.05, 0.1) is 0 Å². The maximum atomic E-state index is 4.14. The van der Waals surface area contributed by atoms with Crippen molar-refractivity contribution in [3.8, 4) is 0 Å². The van der Waals surface area contributed by atoms with E-state index in [-0.39, 0.29) is 0 Å². The predicted molar refractivity (Wildman–Crippen MR) is 99.7 cm³/mol. The Bertz CT molecular complexity index is 697. The average Bonchev–Trinajstić information content (AvgIpc) is 2.73. The highest BCUT2D eigenvalue weighted by Gasteiger charge is 2.39. The second-order valence-electron chi connectivity index (χ2n) is 7.44. The van der Waals surface area contributed by atoms with E-state index in [1.165, 1.54) is 42.7 Å². The molecule has 4 rings (SSSR count). The van der Waals surface area contributed by atoms with Crippen LogP contribution in [0, 0.1) is 6.92 Å². The van der Waals surface area contributed by atoms with Crippen molar-refractivity contribution in [1.82, 2.24) is 9.88 Å². The largest absolute Gasteiger partial charge is 0.367 e. The van der Waals surface area contributed by atoms with Crippen LogP contribution in [0.5, 0.6) is 0 Å². The highest BCUT2D eigenvalue weighted by atomic mass is 15.2. The summed E-state index contributed by atoms with van der Waals surface area (Å²) in [5.41, 5.74) is 5.81. The summed E-state index contributed by atoms with van der Waals surface area (Å²) in [6.07, 6.45) is 7.50. The van der Waals surface area contributed by atoms with E-state index in [2.05, 4.69) is 59.1 Å². The SMILES string of the molecule is Cc1ccc2c(c1)C1CN(C)CCCC1N2CCc1ccncc1. The van der Waals surface area contributed by atoms with E-state index < -0.39 is 0 Å². The molecular formula is C21H27N3. The zero-order valence-corrected chi connectivity index (χ0v) is 14.8. The van der Waals surface area contributed by atoms with Crippen molar-refractivity contribution < 1.29 is 0 Å². The number of pyridine rings is 1. The molecule has 0 spiro atoms. The minimum Gasteiger partial charge on any atom is -0.367 e. The molecule has 3 heterocycles. The number of anilines is 1. The Hall–Kier alpha value is -1.87. The standard InChI is InChI=1S/C21H27N3/c1-16-5-6-21-18(14-16)19-15-23(2)12-3-4-20(19)24(21)13-9-17-7-10-22-11-8-17/h5-8,10-11,14,19-20H,3-4,9,12-13,15H2,1-2H3. The molecule has 24 heavy (non-hydrogen) atoms. The summed E-state index contributed by atoms with van der Waals surface area (Å²) >= 11 is 0. The van der Waals surface area contributed by atoms with Gasteiger partial charge in [0.25, 0.3) is 0 Å². The molecule has 0 saturated carbocycles. The van der Waals surface area contributed by atoms with Crippen LogP contribution in [0.15, 0.2) is 42.7 Å². The van der Waals surface area contributed by atoms with Gasteiger partial charge in [-0.2, -0.15) is 0 Å². The molecule has 2 aliphatic rings. The van der Waals surface area contributed by atoms with Gasteiger partial charge in [0, 0.05) is 43.1 Å². The summed E-state index contributed by atoms with van der Waals surface area (Å²) in [4.78, 5) is 9.35. The van der Waals surface area contributed by atoms with E-state index in [9.17, 15) is 0 Å². The van der Waals surface area contributed by atoms with Gasteiger partial charge < -0.3 is 9.80 Å². The number of nitrogens with zero attached hydrogens (tertiary/aromatic N) is 3. The molecule has 126 valence electrons. The van der Waals surface area contributed by atoms with Crippen LogP contribution in [0.3, 0.4) is 0 Å². The smallest absolute Gasteiger partial charge is 0.0405 e. The molecule has 3 nitrogen and oxygen atoms in total. The number of benzene rings is 1. The summed E-state index contributed by atoms with van der Waals surface area (Å²) in [6.45, 7) is 5.74. The topological polar surface area (TPSA) is 19.4 Å². The van der Waals surface area contributed by atoms with Gasteiger partial charge in [-0.3, -0.25) is 4.98 Å². The molecular weight excluding hydrogens is 294 g/mol. The first-order chi connectivity index (χ1) is 11.7. The molecule has 1 saturated heterocycles. The quantitative estimate of drug-likeness (QED) is 0.860. The van der Waals surface area contributed by atoms with Gasteiger partial charge >= 0.3 is 0 Å². The van der Waals surface area contributed by atoms with E-state index >= 15 is 0 Å². The Kier molecular flexibility index (Phi) is 4.28. The maximum absolute atomic E-state index is 4.14. The van der Waals surface area contributed by atoms with Crippen LogP contribution >= 0.6 is 0 Å². The second kappa shape index (κ2) is 6.56. The van der Waals surface area contributed by atoms with Crippen molar-refractivity contribution in [2.45, 2.75) is 38.1 Å². The maximum Gasteiger partial charge on any atom is 0.0405 e. The van der Waals surface area contributed by atoms with Crippen LogP contribution in [0.1, 0.15) is 35.4 Å². The minimum atomic E-state index is 0.657. The average molecular weight is 321 g/mol. The number of hydrogen-bond donors (Lipinski definition) is 0. The van der Waals surface area contributed by atoms with Crippen molar-refractivity contribution in [2.75, 3.05) is 31.6 Å². The number of fused-ring (bicyclic) bond motifs is 3. The number of aromatic nitrogens is 1. The first kappa shape index (κ1) is 15.6. The van der Waals surface area contributed by atoms with Crippen molar-refractivity contribution in [2.24, 2.45) is 0 Å². The Balaban J connectivity index is 1.63. The highest BCUT2D eigenvalue weighted by molar-refractivity contribution is 5.63. The molecule has 0 amide bonds. The lowest BCUT2D eigenvalue weighted by Gasteiger charge is -2.29. The van der Waals surface area contributed by atoms with Gasteiger partial charge in [-0.25, -0.2) is 0 Å². The molecule has 0 N–H and O–H groups in total. The van der Waals surface area contributed by atoms with Gasteiger partial charge in [0.1, 0.15) is 0 Å². The summed E-state index contributed by atoms with van der Waals surface area (Å²) in [6, 6.07) is 12.0. The summed E-state index contributed by atoms with van der Waals surface area (Å²) < 4.78 is 0. The lowest BCUT2D eigenvalue weighted by molar-refractivity contribution is 0.330. The van der Waals surface area contributed by atoms with Crippen LogP contribution in [0.4, 0.5) is 5.69 Å². The van der Waals surface area contributed by atoms with Gasteiger partial charge in [0.2, 0.25) is 0 Å². The summed E-state index contributed by atoms with van der Waals surface area (Å²) in [5.74, 6) is 0.657. The monoisotopic (exact) mass is 321 g/mol. The zero-order valence-electron chi connectivity index (χ0n) is 14.8. The molecule has 1 fully saturated rings.